The lowest BCUT2D eigenvalue weighted by atomic mass is 9.86. The van der Waals surface area contributed by atoms with Gasteiger partial charge in [0.15, 0.2) is 0 Å². The predicted molar refractivity (Wildman–Crippen MR) is 140 cm³/mol. The lowest BCUT2D eigenvalue weighted by Gasteiger charge is -2.24. The number of rotatable bonds is 6. The number of phenols is 1. The molecule has 1 unspecified atom stereocenters. The zero-order chi connectivity index (χ0) is 27.2. The molecule has 0 saturated heterocycles. The molecule has 2 atom stereocenters. The molecule has 198 valence electrons. The summed E-state index contributed by atoms with van der Waals surface area (Å²) in [6, 6.07) is 15.4. The molecule has 0 aliphatic carbocycles. The third-order valence-corrected chi connectivity index (χ3v) is 8.71. The molecule has 0 bridgehead atoms. The van der Waals surface area contributed by atoms with Crippen molar-refractivity contribution in [2.24, 2.45) is 7.05 Å². The summed E-state index contributed by atoms with van der Waals surface area (Å²) in [4.78, 5) is 12.0. The highest BCUT2D eigenvalue weighted by Gasteiger charge is 2.33. The van der Waals surface area contributed by atoms with Crippen LogP contribution in [-0.4, -0.2) is 56.5 Å². The molecule has 1 aromatic heterocycles. The highest BCUT2D eigenvalue weighted by Crippen LogP contribution is 2.36. The molecule has 38 heavy (non-hydrogen) atoms. The van der Waals surface area contributed by atoms with Gasteiger partial charge in [-0.15, -0.1) is 5.10 Å². The summed E-state index contributed by atoms with van der Waals surface area (Å²) >= 11 is 0. The second kappa shape index (κ2) is 9.73. The maximum absolute atomic E-state index is 13.6. The number of carbonyl (C=O) groups is 1. The van der Waals surface area contributed by atoms with E-state index in [9.17, 15) is 23.4 Å². The van der Waals surface area contributed by atoms with Crippen LogP contribution in [0.5, 0.6) is 11.5 Å². The van der Waals surface area contributed by atoms with Gasteiger partial charge in [0.05, 0.1) is 13.0 Å². The summed E-state index contributed by atoms with van der Waals surface area (Å²) in [5.41, 5.74) is 3.79. The van der Waals surface area contributed by atoms with E-state index in [1.54, 1.807) is 31.3 Å². The third kappa shape index (κ3) is 4.70. The molecule has 0 spiro atoms. The number of ether oxygens (including phenoxy) is 1. The van der Waals surface area contributed by atoms with E-state index in [0.717, 1.165) is 11.1 Å². The minimum Gasteiger partial charge on any atom is -0.506 e. The Kier molecular flexibility index (Phi) is 6.58. The van der Waals surface area contributed by atoms with Crippen LogP contribution < -0.4 is 4.74 Å². The molecule has 5 rings (SSSR count). The molecule has 0 fully saturated rings. The van der Waals surface area contributed by atoms with Gasteiger partial charge in [-0.05, 0) is 60.4 Å². The molecule has 2 N–H and O–H groups in total. The highest BCUT2D eigenvalue weighted by atomic mass is 32.2. The lowest BCUT2D eigenvalue weighted by molar-refractivity contribution is -0.137. The number of benzene rings is 3. The summed E-state index contributed by atoms with van der Waals surface area (Å²) in [7, 11) is -2.17. The monoisotopic (exact) mass is 536 g/mol. The van der Waals surface area contributed by atoms with E-state index < -0.39 is 21.9 Å². The molecule has 11 heteroatoms. The maximum Gasteiger partial charge on any atom is 0.304 e. The Morgan fingerprint density at radius 1 is 1.16 bits per heavy atom. The molecule has 4 aromatic rings. The Balaban J connectivity index is 1.55. The number of aryl methyl sites for hydroxylation is 2. The Hall–Kier alpha value is -3.96. The number of hydrogen-bond donors (Lipinski definition) is 2. The van der Waals surface area contributed by atoms with Gasteiger partial charge in [0.2, 0.25) is 10.0 Å². The second-order valence-electron chi connectivity index (χ2n) is 9.63. The predicted octanol–water partition coefficient (Wildman–Crippen LogP) is 3.56. The van der Waals surface area contributed by atoms with Gasteiger partial charge in [-0.3, -0.25) is 4.79 Å². The van der Waals surface area contributed by atoms with Gasteiger partial charge in [0.25, 0.3) is 0 Å². The van der Waals surface area contributed by atoms with Crippen molar-refractivity contribution in [1.29, 1.82) is 0 Å². The largest absolute Gasteiger partial charge is 0.506 e. The van der Waals surface area contributed by atoms with Crippen molar-refractivity contribution >= 4 is 27.0 Å². The molecule has 0 amide bonds. The van der Waals surface area contributed by atoms with Crippen LogP contribution in [0.25, 0.3) is 11.0 Å². The van der Waals surface area contributed by atoms with E-state index in [1.807, 2.05) is 32.0 Å². The van der Waals surface area contributed by atoms with Crippen molar-refractivity contribution in [3.63, 3.8) is 0 Å². The van der Waals surface area contributed by atoms with E-state index in [1.165, 1.54) is 21.1 Å². The van der Waals surface area contributed by atoms with E-state index in [0.29, 0.717) is 27.9 Å². The van der Waals surface area contributed by atoms with Crippen molar-refractivity contribution < 1.29 is 28.2 Å². The molecule has 10 nitrogen and oxygen atoms in total. The molecular weight excluding hydrogens is 508 g/mol. The first kappa shape index (κ1) is 25.7. The Bertz CT molecular complexity index is 1650. The number of fused-ring (bicyclic) bond motifs is 2. The minimum absolute atomic E-state index is 0.0453. The number of carboxylic acid groups (broad SMARTS) is 1. The van der Waals surface area contributed by atoms with Crippen LogP contribution in [0.4, 0.5) is 0 Å². The van der Waals surface area contributed by atoms with Gasteiger partial charge >= 0.3 is 5.97 Å². The molecule has 0 radical (unpaired) electrons. The lowest BCUT2D eigenvalue weighted by Crippen LogP contribution is -2.35. The number of phenolic OH excluding ortho intramolecular Hbond substituents is 1. The van der Waals surface area contributed by atoms with Crippen molar-refractivity contribution in [2.75, 3.05) is 6.54 Å². The van der Waals surface area contributed by atoms with E-state index >= 15 is 0 Å². The summed E-state index contributed by atoms with van der Waals surface area (Å²) in [5.74, 6) is -1.33. The van der Waals surface area contributed by atoms with Gasteiger partial charge in [-0.25, -0.2) is 13.1 Å². The van der Waals surface area contributed by atoms with Crippen LogP contribution >= 0.6 is 0 Å². The van der Waals surface area contributed by atoms with Gasteiger partial charge in [0, 0.05) is 19.5 Å². The number of aliphatic carboxylic acids is 1. The van der Waals surface area contributed by atoms with Crippen molar-refractivity contribution in [2.45, 2.75) is 43.7 Å². The molecule has 1 aliphatic heterocycles. The minimum atomic E-state index is -3.84. The van der Waals surface area contributed by atoms with Crippen molar-refractivity contribution in [3.05, 3.63) is 76.9 Å². The topological polar surface area (TPSA) is 135 Å². The van der Waals surface area contributed by atoms with E-state index in [-0.39, 0.29) is 36.3 Å². The maximum atomic E-state index is 13.6. The summed E-state index contributed by atoms with van der Waals surface area (Å²) in [5, 5.41) is 28.3. The number of aromatic hydroxyl groups is 1. The van der Waals surface area contributed by atoms with Gasteiger partial charge in [-0.2, -0.15) is 4.31 Å². The van der Waals surface area contributed by atoms with Crippen LogP contribution in [0, 0.1) is 6.92 Å². The average molecular weight is 537 g/mol. The fourth-order valence-electron chi connectivity index (χ4n) is 4.95. The quantitative estimate of drug-likeness (QED) is 0.382. The number of hydrogen-bond acceptors (Lipinski definition) is 7. The van der Waals surface area contributed by atoms with Crippen LogP contribution in [-0.2, 0) is 28.4 Å². The zero-order valence-corrected chi connectivity index (χ0v) is 22.0. The smallest absolute Gasteiger partial charge is 0.304 e. The number of para-hydroxylation sites is 1. The van der Waals surface area contributed by atoms with Crippen LogP contribution in [0.2, 0.25) is 0 Å². The van der Waals surface area contributed by atoms with Crippen LogP contribution in [0.1, 0.15) is 41.5 Å². The van der Waals surface area contributed by atoms with Crippen LogP contribution in [0.15, 0.2) is 59.5 Å². The van der Waals surface area contributed by atoms with Crippen molar-refractivity contribution in [3.8, 4) is 11.5 Å². The fraction of sp³-hybridized carbons (Fsp3) is 0.296. The molecule has 2 heterocycles. The molecular formula is C27H28N4O6S. The van der Waals surface area contributed by atoms with Crippen molar-refractivity contribution in [1.82, 2.24) is 19.3 Å². The first-order chi connectivity index (χ1) is 18.0. The molecule has 1 aliphatic rings. The van der Waals surface area contributed by atoms with Gasteiger partial charge < -0.3 is 14.9 Å². The molecule has 0 saturated carbocycles. The first-order valence-electron chi connectivity index (χ1n) is 12.1. The fourth-order valence-corrected chi connectivity index (χ4v) is 6.57. The summed E-state index contributed by atoms with van der Waals surface area (Å²) in [6.07, 6.45) is -0.591. The highest BCUT2D eigenvalue weighted by molar-refractivity contribution is 7.89. The number of sulfonamides is 1. The zero-order valence-electron chi connectivity index (χ0n) is 21.2. The molecule has 3 aromatic carbocycles. The average Bonchev–Trinajstić information content (AvgIpc) is 3.20. The van der Waals surface area contributed by atoms with E-state index in [2.05, 4.69) is 10.3 Å². The van der Waals surface area contributed by atoms with Gasteiger partial charge in [0.1, 0.15) is 33.5 Å². The Labute approximate surface area is 220 Å². The normalized spacial score (nSPS) is 17.9. The number of carboxylic acids is 1. The van der Waals surface area contributed by atoms with Gasteiger partial charge in [-0.1, -0.05) is 35.5 Å². The van der Waals surface area contributed by atoms with E-state index in [4.69, 9.17) is 4.74 Å². The Morgan fingerprint density at radius 2 is 1.92 bits per heavy atom. The third-order valence-electron chi connectivity index (χ3n) is 6.86. The van der Waals surface area contributed by atoms with Crippen LogP contribution in [0.3, 0.4) is 0 Å². The second-order valence-corrected chi connectivity index (χ2v) is 11.5. The summed E-state index contributed by atoms with van der Waals surface area (Å²) < 4.78 is 35.9. The number of aromatic nitrogens is 3. The Morgan fingerprint density at radius 3 is 2.68 bits per heavy atom. The first-order valence-corrected chi connectivity index (χ1v) is 13.6. The SMILES string of the molecule is Cc1ccc(C(CC(=O)O)c2cc(O)c3c(c2)nnn3C)cc1CN1C[C@@H](C)Oc2ccccc2S1(=O)=O. The number of nitrogens with zero attached hydrogens (tertiary/aromatic N) is 4. The standard InChI is InChI=1S/C27H28N4O6S/c1-16-8-9-18(21(13-26(33)34)19-11-22-27(23(32)12-19)30(3)29-28-22)10-20(16)15-31-14-17(2)37-24-6-4-5-7-25(24)38(31,35)36/h4-12,17,21,32H,13-15H2,1-3H3,(H,33,34)/t17-,21?/m1/s1. The summed E-state index contributed by atoms with van der Waals surface area (Å²) in [6.45, 7) is 3.97.